The number of anilines is 1. The first-order valence-electron chi connectivity index (χ1n) is 12.5. The van der Waals surface area contributed by atoms with Gasteiger partial charge >= 0.3 is 6.03 Å². The Balaban J connectivity index is 1.27. The van der Waals surface area contributed by atoms with E-state index in [-0.39, 0.29) is 24.0 Å². The van der Waals surface area contributed by atoms with E-state index in [0.29, 0.717) is 39.0 Å². The highest BCUT2D eigenvalue weighted by Gasteiger charge is 2.34. The van der Waals surface area contributed by atoms with Crippen LogP contribution >= 0.6 is 0 Å². The third kappa shape index (κ3) is 5.79. The number of hydrogen-bond donors (Lipinski definition) is 1. The van der Waals surface area contributed by atoms with Crippen LogP contribution in [0.3, 0.4) is 0 Å². The van der Waals surface area contributed by atoms with Gasteiger partial charge in [0, 0.05) is 58.3 Å². The lowest BCUT2D eigenvalue weighted by Crippen LogP contribution is -2.52. The fourth-order valence-corrected chi connectivity index (χ4v) is 4.91. The maximum atomic E-state index is 13.4. The van der Waals surface area contributed by atoms with Gasteiger partial charge in [0.15, 0.2) is 0 Å². The highest BCUT2D eigenvalue weighted by atomic mass is 16.5. The number of fused-ring (bicyclic) bond motifs is 1. The van der Waals surface area contributed by atoms with Crippen LogP contribution in [0.1, 0.15) is 31.7 Å². The van der Waals surface area contributed by atoms with Crippen LogP contribution < -0.4 is 15.0 Å². The van der Waals surface area contributed by atoms with E-state index in [1.807, 2.05) is 34.9 Å². The van der Waals surface area contributed by atoms with Crippen molar-refractivity contribution in [3.05, 3.63) is 23.8 Å². The van der Waals surface area contributed by atoms with E-state index in [9.17, 15) is 9.59 Å². The Morgan fingerprint density at radius 1 is 1.09 bits per heavy atom. The molecule has 1 atom stereocenters. The average Bonchev–Trinajstić information content (AvgIpc) is 2.84. The summed E-state index contributed by atoms with van der Waals surface area (Å²) in [6.45, 7) is 11.8. The summed E-state index contributed by atoms with van der Waals surface area (Å²) in [4.78, 5) is 34.6. The molecule has 0 aliphatic carbocycles. The molecule has 182 valence electrons. The number of hydrogen-bond acceptors (Lipinski definition) is 5. The lowest BCUT2D eigenvalue weighted by molar-refractivity contribution is -0.126. The largest absolute Gasteiger partial charge is 0.486 e. The van der Waals surface area contributed by atoms with E-state index in [1.54, 1.807) is 0 Å². The minimum Gasteiger partial charge on any atom is -0.486 e. The number of aryl methyl sites for hydroxylation is 1. The molecule has 3 heterocycles. The Hall–Kier alpha value is -2.32. The van der Waals surface area contributed by atoms with E-state index in [0.717, 1.165) is 56.1 Å². The summed E-state index contributed by atoms with van der Waals surface area (Å²) in [5.41, 5.74) is 1.96. The van der Waals surface area contributed by atoms with E-state index < -0.39 is 0 Å². The molecule has 8 nitrogen and oxygen atoms in total. The molecule has 4 rings (SSSR count). The van der Waals surface area contributed by atoms with E-state index in [1.165, 1.54) is 0 Å². The third-order valence-electron chi connectivity index (χ3n) is 7.23. The quantitative estimate of drug-likeness (QED) is 0.734. The Morgan fingerprint density at radius 3 is 2.52 bits per heavy atom. The number of piperazine rings is 1. The fourth-order valence-electron chi connectivity index (χ4n) is 4.91. The van der Waals surface area contributed by atoms with Crippen LogP contribution in [0.25, 0.3) is 0 Å². The van der Waals surface area contributed by atoms with Crippen molar-refractivity contribution in [2.24, 2.45) is 5.92 Å². The average molecular weight is 458 g/mol. The summed E-state index contributed by atoms with van der Waals surface area (Å²) in [5.74, 6) is 0.903. The molecule has 33 heavy (non-hydrogen) atoms. The Morgan fingerprint density at radius 2 is 1.82 bits per heavy atom. The maximum Gasteiger partial charge on any atom is 0.324 e. The number of nitrogens with one attached hydrogen (secondary N) is 1. The van der Waals surface area contributed by atoms with Crippen molar-refractivity contribution in [1.82, 2.24) is 20.0 Å². The predicted octanol–water partition coefficient (Wildman–Crippen LogP) is 2.17. The molecule has 8 heteroatoms. The van der Waals surface area contributed by atoms with Crippen molar-refractivity contribution in [3.63, 3.8) is 0 Å². The second-order valence-electron chi connectivity index (χ2n) is 9.71. The summed E-state index contributed by atoms with van der Waals surface area (Å²) < 4.78 is 6.07. The minimum atomic E-state index is -0.0100. The standard InChI is InChI=1S/C25H39N5O3/c1-4-21-18-30(22-17-19(2)5-6-23(22)33-21)25(32)29-10-7-20(8-11-29)24(31)26-9-12-28-15-13-27(3)14-16-28/h5-6,17,20-21H,4,7-16,18H2,1-3H3,(H,26,31). The Labute approximate surface area is 197 Å². The number of benzene rings is 1. The molecule has 1 unspecified atom stereocenters. The first-order valence-corrected chi connectivity index (χ1v) is 12.5. The van der Waals surface area contributed by atoms with Gasteiger partial charge in [-0.15, -0.1) is 0 Å². The fraction of sp³-hybridized carbons (Fsp3) is 0.680. The van der Waals surface area contributed by atoms with Crippen LogP contribution in [0.5, 0.6) is 5.75 Å². The molecule has 0 saturated carbocycles. The van der Waals surface area contributed by atoms with Gasteiger partial charge < -0.3 is 19.9 Å². The molecule has 3 aliphatic rings. The van der Waals surface area contributed by atoms with Crippen molar-refractivity contribution >= 4 is 17.6 Å². The Kier molecular flexibility index (Phi) is 7.75. The van der Waals surface area contributed by atoms with Crippen molar-refractivity contribution in [1.29, 1.82) is 0 Å². The maximum absolute atomic E-state index is 13.4. The molecule has 0 spiro atoms. The van der Waals surface area contributed by atoms with E-state index in [2.05, 4.69) is 29.1 Å². The number of ether oxygens (including phenoxy) is 1. The van der Waals surface area contributed by atoms with Crippen molar-refractivity contribution in [2.45, 2.75) is 39.2 Å². The molecule has 0 bridgehead atoms. The van der Waals surface area contributed by atoms with Gasteiger partial charge in [0.2, 0.25) is 5.91 Å². The van der Waals surface area contributed by atoms with E-state index in [4.69, 9.17) is 4.74 Å². The van der Waals surface area contributed by atoms with Gasteiger partial charge in [0.1, 0.15) is 11.9 Å². The lowest BCUT2D eigenvalue weighted by Gasteiger charge is -2.39. The number of amides is 3. The van der Waals surface area contributed by atoms with Gasteiger partial charge in [-0.1, -0.05) is 13.0 Å². The number of rotatable bonds is 5. The first kappa shape index (κ1) is 23.8. The highest BCUT2D eigenvalue weighted by molar-refractivity contribution is 5.94. The van der Waals surface area contributed by atoms with E-state index >= 15 is 0 Å². The first-order chi connectivity index (χ1) is 15.9. The van der Waals surface area contributed by atoms with Crippen LogP contribution in [-0.4, -0.2) is 98.7 Å². The van der Waals surface area contributed by atoms with Gasteiger partial charge in [-0.2, -0.15) is 0 Å². The number of piperidine rings is 1. The number of carbonyl (C=O) groups excluding carboxylic acids is 2. The zero-order valence-corrected chi connectivity index (χ0v) is 20.4. The highest BCUT2D eigenvalue weighted by Crippen LogP contribution is 2.36. The van der Waals surface area contributed by atoms with Gasteiger partial charge in [-0.25, -0.2) is 4.79 Å². The van der Waals surface area contributed by atoms with Crippen molar-refractivity contribution < 1.29 is 14.3 Å². The summed E-state index contributed by atoms with van der Waals surface area (Å²) in [7, 11) is 2.15. The number of likely N-dealkylation sites (N-methyl/N-ethyl adjacent to an activating group) is 1. The molecule has 1 N–H and O–H groups in total. The van der Waals surface area contributed by atoms with Crippen LogP contribution in [0.15, 0.2) is 18.2 Å². The van der Waals surface area contributed by atoms with Crippen LogP contribution in [-0.2, 0) is 4.79 Å². The second kappa shape index (κ2) is 10.7. The molecule has 3 aliphatic heterocycles. The number of likely N-dealkylation sites (tertiary alicyclic amines) is 1. The second-order valence-corrected chi connectivity index (χ2v) is 9.71. The molecule has 1 aromatic rings. The molecule has 2 fully saturated rings. The van der Waals surface area contributed by atoms with Gasteiger partial charge in [-0.05, 0) is 50.9 Å². The molecule has 3 amide bonds. The summed E-state index contributed by atoms with van der Waals surface area (Å²) in [5, 5.41) is 3.13. The zero-order valence-electron chi connectivity index (χ0n) is 20.4. The van der Waals surface area contributed by atoms with Gasteiger partial charge in [0.05, 0.1) is 12.2 Å². The number of urea groups is 1. The third-order valence-corrected chi connectivity index (χ3v) is 7.23. The molecular weight excluding hydrogens is 418 g/mol. The van der Waals surface area contributed by atoms with Gasteiger partial charge in [0.25, 0.3) is 0 Å². The summed E-state index contributed by atoms with van der Waals surface area (Å²) >= 11 is 0. The molecule has 0 aromatic heterocycles. The molecule has 1 aromatic carbocycles. The van der Waals surface area contributed by atoms with Gasteiger partial charge in [-0.3, -0.25) is 14.6 Å². The minimum absolute atomic E-state index is 0.00720. The smallest absolute Gasteiger partial charge is 0.324 e. The molecule has 0 radical (unpaired) electrons. The monoisotopic (exact) mass is 457 g/mol. The van der Waals surface area contributed by atoms with Crippen LogP contribution in [0.2, 0.25) is 0 Å². The Bertz CT molecular complexity index is 831. The number of carbonyl (C=O) groups is 2. The van der Waals surface area contributed by atoms with Crippen molar-refractivity contribution in [3.8, 4) is 5.75 Å². The molecule has 2 saturated heterocycles. The summed E-state index contributed by atoms with van der Waals surface area (Å²) in [6.07, 6.45) is 2.29. The SMILES string of the molecule is CCC1CN(C(=O)N2CCC(C(=O)NCCN3CCN(C)CC3)CC2)c2cc(C)ccc2O1. The number of nitrogens with zero attached hydrogens (tertiary/aromatic N) is 4. The molecular formula is C25H39N5O3. The lowest BCUT2D eigenvalue weighted by atomic mass is 9.96. The normalized spacial score (nSPS) is 22.6. The summed E-state index contributed by atoms with van der Waals surface area (Å²) in [6, 6.07) is 6.04. The predicted molar refractivity (Wildman–Crippen MR) is 130 cm³/mol. The zero-order chi connectivity index (χ0) is 23.4. The van der Waals surface area contributed by atoms with Crippen LogP contribution in [0, 0.1) is 12.8 Å². The topological polar surface area (TPSA) is 68.4 Å². The van der Waals surface area contributed by atoms with Crippen molar-refractivity contribution in [2.75, 3.05) is 70.9 Å². The van der Waals surface area contributed by atoms with Crippen LogP contribution in [0.4, 0.5) is 10.5 Å².